The lowest BCUT2D eigenvalue weighted by atomic mass is 10.0. The molecule has 1 aromatic heterocycles. The molecule has 1 unspecified atom stereocenters. The number of anilines is 3. The van der Waals surface area contributed by atoms with Crippen LogP contribution in [0.5, 0.6) is 0 Å². The topological polar surface area (TPSA) is 161 Å². The molecule has 0 saturated carbocycles. The Morgan fingerprint density at radius 3 is 2.13 bits per heavy atom. The molecular weight excluding hydrogens is 520 g/mol. The van der Waals surface area contributed by atoms with Crippen molar-refractivity contribution in [2.24, 2.45) is 5.73 Å². The van der Waals surface area contributed by atoms with E-state index in [1.54, 1.807) is 31.2 Å². The second-order valence-corrected chi connectivity index (χ2v) is 9.52. The van der Waals surface area contributed by atoms with Gasteiger partial charge in [-0.3, -0.25) is 24.1 Å². The van der Waals surface area contributed by atoms with Gasteiger partial charge in [-0.15, -0.1) is 0 Å². The number of carbonyl (C=O) groups excluding carboxylic acids is 4. The van der Waals surface area contributed by atoms with E-state index in [-0.39, 0.29) is 29.4 Å². The maximum absolute atomic E-state index is 14.1. The number of nitrogen functional groups attached to an aromatic ring is 1. The Labute approximate surface area is 230 Å². The summed E-state index contributed by atoms with van der Waals surface area (Å²) in [5.74, 6) is -2.76. The van der Waals surface area contributed by atoms with E-state index >= 15 is 0 Å². The number of aryl methyl sites for hydroxylation is 1. The van der Waals surface area contributed by atoms with Gasteiger partial charge in [-0.1, -0.05) is 31.2 Å². The van der Waals surface area contributed by atoms with Gasteiger partial charge >= 0.3 is 5.97 Å². The summed E-state index contributed by atoms with van der Waals surface area (Å²) in [5.41, 5.74) is 13.9. The molecular formula is C27H32N6O5S. The van der Waals surface area contributed by atoms with Crippen molar-refractivity contribution in [3.05, 3.63) is 70.2 Å². The number of aromatic nitrogens is 1. The van der Waals surface area contributed by atoms with Crippen LogP contribution in [0, 0.1) is 0 Å². The number of rotatable bonds is 11. The molecule has 0 saturated heterocycles. The fraction of sp³-hybridized carbons (Fsp3) is 0.296. The number of amides is 3. The summed E-state index contributed by atoms with van der Waals surface area (Å²) < 4.78 is 8.90. The first-order chi connectivity index (χ1) is 18.6. The summed E-state index contributed by atoms with van der Waals surface area (Å²) in [6, 6.07) is 13.0. The molecule has 0 aliphatic rings. The Bertz CT molecular complexity index is 1340. The zero-order valence-corrected chi connectivity index (χ0v) is 23.1. The van der Waals surface area contributed by atoms with Crippen LogP contribution in [0.3, 0.4) is 0 Å². The molecule has 1 atom stereocenters. The van der Waals surface area contributed by atoms with Crippen LogP contribution in [0.15, 0.2) is 48.5 Å². The zero-order chi connectivity index (χ0) is 28.7. The van der Waals surface area contributed by atoms with Crippen molar-refractivity contribution >= 4 is 52.3 Å². The molecule has 0 bridgehead atoms. The number of ether oxygens (including phenoxy) is 1. The Balaban J connectivity index is 2.17. The van der Waals surface area contributed by atoms with Crippen LogP contribution in [0.25, 0.3) is 0 Å². The van der Waals surface area contributed by atoms with Gasteiger partial charge in [-0.05, 0) is 60.3 Å². The van der Waals surface area contributed by atoms with Crippen LogP contribution in [-0.4, -0.2) is 55.3 Å². The molecule has 0 radical (unpaired) electrons. The lowest BCUT2D eigenvalue weighted by Crippen LogP contribution is -2.45. The van der Waals surface area contributed by atoms with Crippen LogP contribution < -0.4 is 26.6 Å². The quantitative estimate of drug-likeness (QED) is 0.306. The maximum Gasteiger partial charge on any atom is 0.325 e. The number of nitrogens with zero attached hydrogens (tertiary/aromatic N) is 3. The van der Waals surface area contributed by atoms with Crippen LogP contribution in [0.4, 0.5) is 17.1 Å². The van der Waals surface area contributed by atoms with Gasteiger partial charge in [0.25, 0.3) is 11.8 Å². The Kier molecular flexibility index (Phi) is 9.61. The number of nitrogens with two attached hydrogens (primary N) is 2. The van der Waals surface area contributed by atoms with Crippen molar-refractivity contribution in [3.8, 4) is 0 Å². The zero-order valence-electron chi connectivity index (χ0n) is 22.3. The second-order valence-electron chi connectivity index (χ2n) is 8.74. The smallest absolute Gasteiger partial charge is 0.325 e. The van der Waals surface area contributed by atoms with Crippen LogP contribution in [0.2, 0.25) is 0 Å². The normalized spacial score (nSPS) is 11.4. The van der Waals surface area contributed by atoms with Gasteiger partial charge in [-0.25, -0.2) is 0 Å². The Hall–Kier alpha value is -4.45. The molecule has 39 heavy (non-hydrogen) atoms. The van der Waals surface area contributed by atoms with Crippen LogP contribution in [-0.2, 0) is 20.7 Å². The minimum Gasteiger partial charge on any atom is -0.465 e. The monoisotopic (exact) mass is 552 g/mol. The first-order valence-corrected chi connectivity index (χ1v) is 13.0. The van der Waals surface area contributed by atoms with E-state index in [9.17, 15) is 19.2 Å². The van der Waals surface area contributed by atoms with Gasteiger partial charge in [0, 0.05) is 25.5 Å². The number of esters is 1. The van der Waals surface area contributed by atoms with E-state index in [2.05, 4.69) is 9.69 Å². The lowest BCUT2D eigenvalue weighted by molar-refractivity contribution is -0.143. The largest absolute Gasteiger partial charge is 0.465 e. The summed E-state index contributed by atoms with van der Waals surface area (Å²) in [5, 5.41) is 2.59. The van der Waals surface area contributed by atoms with E-state index in [0.717, 1.165) is 29.2 Å². The molecule has 0 aliphatic heterocycles. The first kappa shape index (κ1) is 29.1. The van der Waals surface area contributed by atoms with E-state index in [0.29, 0.717) is 11.3 Å². The molecule has 11 nitrogen and oxygen atoms in total. The Morgan fingerprint density at radius 2 is 1.62 bits per heavy atom. The molecule has 3 aromatic rings. The van der Waals surface area contributed by atoms with Gasteiger partial charge in [0.2, 0.25) is 5.91 Å². The van der Waals surface area contributed by atoms with Crippen molar-refractivity contribution in [1.82, 2.24) is 9.69 Å². The molecule has 3 amide bonds. The SMILES string of the molecule is CCOC(=O)CNC(=O)C(c1ccc(N(C)C)cc1)N(C(=O)c1snc(C(N)=O)c1N)c1ccc(CC)cc1. The molecule has 0 aliphatic carbocycles. The molecule has 12 heteroatoms. The van der Waals surface area contributed by atoms with E-state index in [1.165, 1.54) is 4.90 Å². The molecule has 2 aromatic carbocycles. The summed E-state index contributed by atoms with van der Waals surface area (Å²) in [7, 11) is 3.76. The van der Waals surface area contributed by atoms with Gasteiger partial charge < -0.3 is 26.4 Å². The molecule has 3 rings (SSSR count). The summed E-state index contributed by atoms with van der Waals surface area (Å²) in [6.07, 6.45) is 0.771. The van der Waals surface area contributed by atoms with Crippen molar-refractivity contribution < 1.29 is 23.9 Å². The van der Waals surface area contributed by atoms with E-state index in [1.807, 2.05) is 50.2 Å². The highest BCUT2D eigenvalue weighted by Crippen LogP contribution is 2.34. The predicted octanol–water partition coefficient (Wildman–Crippen LogP) is 2.52. The molecule has 206 valence electrons. The van der Waals surface area contributed by atoms with E-state index < -0.39 is 29.7 Å². The molecule has 1 heterocycles. The average molecular weight is 553 g/mol. The van der Waals surface area contributed by atoms with Crippen LogP contribution in [0.1, 0.15) is 51.2 Å². The minimum atomic E-state index is -1.21. The lowest BCUT2D eigenvalue weighted by Gasteiger charge is -2.31. The molecule has 0 spiro atoms. The van der Waals surface area contributed by atoms with Crippen molar-refractivity contribution in [1.29, 1.82) is 0 Å². The second kappa shape index (κ2) is 12.9. The molecule has 0 fully saturated rings. The number of benzene rings is 2. The van der Waals surface area contributed by atoms with Crippen LogP contribution >= 0.6 is 11.5 Å². The van der Waals surface area contributed by atoms with Gasteiger partial charge in [0.15, 0.2) is 5.69 Å². The maximum atomic E-state index is 14.1. The number of hydrogen-bond donors (Lipinski definition) is 3. The highest BCUT2D eigenvalue weighted by atomic mass is 32.1. The molecule has 5 N–H and O–H groups in total. The number of primary amides is 1. The third-order valence-electron chi connectivity index (χ3n) is 5.94. The van der Waals surface area contributed by atoms with Crippen molar-refractivity contribution in [3.63, 3.8) is 0 Å². The number of nitrogens with one attached hydrogen (secondary N) is 1. The van der Waals surface area contributed by atoms with Crippen molar-refractivity contribution in [2.75, 3.05) is 42.8 Å². The fourth-order valence-corrected chi connectivity index (χ4v) is 4.60. The van der Waals surface area contributed by atoms with E-state index in [4.69, 9.17) is 16.2 Å². The fourth-order valence-electron chi connectivity index (χ4n) is 3.85. The van der Waals surface area contributed by atoms with Gasteiger partial charge in [0.1, 0.15) is 17.5 Å². The third-order valence-corrected chi connectivity index (χ3v) is 6.79. The highest BCUT2D eigenvalue weighted by molar-refractivity contribution is 7.09. The number of carbonyl (C=O) groups is 4. The highest BCUT2D eigenvalue weighted by Gasteiger charge is 2.36. The third kappa shape index (κ3) is 6.71. The average Bonchev–Trinajstić information content (AvgIpc) is 3.32. The summed E-state index contributed by atoms with van der Waals surface area (Å²) in [6.45, 7) is 3.43. The van der Waals surface area contributed by atoms with Gasteiger partial charge in [0.05, 0.1) is 12.3 Å². The van der Waals surface area contributed by atoms with Gasteiger partial charge in [-0.2, -0.15) is 4.37 Å². The van der Waals surface area contributed by atoms with Crippen molar-refractivity contribution in [2.45, 2.75) is 26.3 Å². The number of hydrogen-bond acceptors (Lipinski definition) is 9. The predicted molar refractivity (Wildman–Crippen MR) is 151 cm³/mol. The minimum absolute atomic E-state index is 0.0449. The summed E-state index contributed by atoms with van der Waals surface area (Å²) in [4.78, 5) is 54.7. The first-order valence-electron chi connectivity index (χ1n) is 12.3. The summed E-state index contributed by atoms with van der Waals surface area (Å²) >= 11 is 0.719. The Morgan fingerprint density at radius 1 is 1.00 bits per heavy atom. The standard InChI is InChI=1S/C27H32N6O5S/c1-5-16-7-11-19(12-8-16)33(27(37)24-21(28)22(25(29)35)31-39-24)23(26(36)30-15-20(34)38-6-2)17-9-13-18(14-10-17)32(3)4/h7-14,23H,5-6,15,28H2,1-4H3,(H2,29,35)(H,30,36).